The third kappa shape index (κ3) is 2.25. The molecule has 0 saturated heterocycles. The molecule has 4 nitrogen and oxygen atoms in total. The van der Waals surface area contributed by atoms with Gasteiger partial charge in [-0.3, -0.25) is 9.48 Å². The number of aliphatic carboxylic acids is 1. The van der Waals surface area contributed by atoms with Crippen LogP contribution in [0.4, 0.5) is 4.39 Å². The van der Waals surface area contributed by atoms with Crippen LogP contribution in [-0.2, 0) is 18.3 Å². The Balaban J connectivity index is 2.55. The summed E-state index contributed by atoms with van der Waals surface area (Å²) in [7, 11) is 1.75. The largest absolute Gasteiger partial charge is 0.481 e. The molecule has 0 saturated carbocycles. The minimum atomic E-state index is -0.908. The van der Waals surface area contributed by atoms with Gasteiger partial charge in [-0.1, -0.05) is 0 Å². The molecule has 0 radical (unpaired) electrons. The van der Waals surface area contributed by atoms with Gasteiger partial charge in [0.15, 0.2) is 0 Å². The maximum absolute atomic E-state index is 12.9. The van der Waals surface area contributed by atoms with Crippen LogP contribution in [0.25, 0.3) is 11.3 Å². The van der Waals surface area contributed by atoms with Crippen molar-refractivity contribution in [2.75, 3.05) is 0 Å². The van der Waals surface area contributed by atoms with E-state index in [1.165, 1.54) is 12.1 Å². The Morgan fingerprint density at radius 3 is 2.56 bits per heavy atom. The first-order chi connectivity index (χ1) is 8.49. The van der Waals surface area contributed by atoms with E-state index in [4.69, 9.17) is 5.11 Å². The van der Waals surface area contributed by atoms with Gasteiger partial charge < -0.3 is 5.11 Å². The molecule has 1 aromatic heterocycles. The van der Waals surface area contributed by atoms with Gasteiger partial charge in [-0.25, -0.2) is 4.39 Å². The van der Waals surface area contributed by atoms with Gasteiger partial charge in [0.05, 0.1) is 17.8 Å². The van der Waals surface area contributed by atoms with Crippen LogP contribution in [0.3, 0.4) is 0 Å². The van der Waals surface area contributed by atoms with Crippen molar-refractivity contribution in [3.05, 3.63) is 41.3 Å². The second kappa shape index (κ2) is 4.60. The average molecular weight is 248 g/mol. The minimum absolute atomic E-state index is 0.0909. The number of aryl methyl sites for hydroxylation is 2. The molecule has 0 aliphatic carbocycles. The first kappa shape index (κ1) is 12.3. The van der Waals surface area contributed by atoms with E-state index >= 15 is 0 Å². The summed E-state index contributed by atoms with van der Waals surface area (Å²) in [5.41, 5.74) is 2.82. The van der Waals surface area contributed by atoms with Crippen molar-refractivity contribution in [2.24, 2.45) is 7.05 Å². The molecule has 94 valence electrons. The zero-order valence-corrected chi connectivity index (χ0v) is 10.1. The lowest BCUT2D eigenvalue weighted by molar-refractivity contribution is -0.136. The summed E-state index contributed by atoms with van der Waals surface area (Å²) in [4.78, 5) is 10.9. The number of benzene rings is 1. The topological polar surface area (TPSA) is 55.1 Å². The number of hydrogen-bond donors (Lipinski definition) is 1. The van der Waals surface area contributed by atoms with Crippen molar-refractivity contribution in [3.8, 4) is 11.3 Å². The first-order valence-corrected chi connectivity index (χ1v) is 5.49. The van der Waals surface area contributed by atoms with Gasteiger partial charge in [0, 0.05) is 18.2 Å². The minimum Gasteiger partial charge on any atom is -0.481 e. The molecule has 0 unspecified atom stereocenters. The highest BCUT2D eigenvalue weighted by Crippen LogP contribution is 2.26. The molecule has 0 bridgehead atoms. The Kier molecular flexibility index (Phi) is 3.14. The van der Waals surface area contributed by atoms with E-state index in [0.717, 1.165) is 11.3 Å². The molecule has 0 aliphatic heterocycles. The monoisotopic (exact) mass is 248 g/mol. The maximum atomic E-state index is 12.9. The molecule has 2 rings (SSSR count). The van der Waals surface area contributed by atoms with Crippen LogP contribution in [0.5, 0.6) is 0 Å². The molecule has 1 aromatic carbocycles. The third-order valence-electron chi connectivity index (χ3n) is 2.79. The number of carbonyl (C=O) groups is 1. The molecule has 0 aliphatic rings. The quantitative estimate of drug-likeness (QED) is 0.905. The van der Waals surface area contributed by atoms with Gasteiger partial charge in [-0.15, -0.1) is 0 Å². The number of halogens is 1. The smallest absolute Gasteiger partial charge is 0.307 e. The predicted octanol–water partition coefficient (Wildman–Crippen LogP) is 2.16. The zero-order valence-electron chi connectivity index (χ0n) is 10.1. The highest BCUT2D eigenvalue weighted by molar-refractivity contribution is 5.76. The van der Waals surface area contributed by atoms with Gasteiger partial charge in [0.1, 0.15) is 5.82 Å². The highest BCUT2D eigenvalue weighted by atomic mass is 19.1. The van der Waals surface area contributed by atoms with E-state index in [9.17, 15) is 9.18 Å². The summed E-state index contributed by atoms with van der Waals surface area (Å²) in [5.74, 6) is -1.23. The van der Waals surface area contributed by atoms with Crippen LogP contribution in [0.1, 0.15) is 11.3 Å². The highest BCUT2D eigenvalue weighted by Gasteiger charge is 2.17. The molecule has 2 aromatic rings. The molecule has 0 fully saturated rings. The summed E-state index contributed by atoms with van der Waals surface area (Å²) in [6.07, 6.45) is -0.0909. The molecular formula is C13H13FN2O2. The van der Waals surface area contributed by atoms with Crippen molar-refractivity contribution in [2.45, 2.75) is 13.3 Å². The van der Waals surface area contributed by atoms with Gasteiger partial charge >= 0.3 is 5.97 Å². The predicted molar refractivity (Wildman–Crippen MR) is 64.7 cm³/mol. The Bertz CT molecular complexity index is 588. The number of carboxylic acids is 1. The molecule has 1 heterocycles. The van der Waals surface area contributed by atoms with Crippen LogP contribution in [0, 0.1) is 12.7 Å². The summed E-state index contributed by atoms with van der Waals surface area (Å²) < 4.78 is 14.5. The van der Waals surface area contributed by atoms with E-state index in [2.05, 4.69) is 5.10 Å². The Labute approximate surface area is 104 Å². The second-order valence-electron chi connectivity index (χ2n) is 4.11. The normalized spacial score (nSPS) is 10.6. The van der Waals surface area contributed by atoms with Crippen LogP contribution >= 0.6 is 0 Å². The van der Waals surface area contributed by atoms with Crippen LogP contribution in [0.2, 0.25) is 0 Å². The van der Waals surface area contributed by atoms with Gasteiger partial charge in [0.2, 0.25) is 0 Å². The number of nitrogens with zero attached hydrogens (tertiary/aromatic N) is 2. The number of aromatic nitrogens is 2. The Hall–Kier alpha value is -2.17. The molecule has 5 heteroatoms. The van der Waals surface area contributed by atoms with E-state index in [0.29, 0.717) is 11.3 Å². The molecule has 18 heavy (non-hydrogen) atoms. The lowest BCUT2D eigenvalue weighted by Gasteiger charge is -2.05. The Morgan fingerprint density at radius 1 is 1.39 bits per heavy atom. The summed E-state index contributed by atoms with van der Waals surface area (Å²) in [5, 5.41) is 13.1. The van der Waals surface area contributed by atoms with E-state index < -0.39 is 5.97 Å². The fourth-order valence-electron chi connectivity index (χ4n) is 2.03. The molecule has 0 atom stereocenters. The standard InChI is InChI=1S/C13H13FN2O2/c1-8-11(7-12(17)18)13(16(2)15-8)9-3-5-10(14)6-4-9/h3-6H,7H2,1-2H3,(H,17,18). The third-order valence-corrected chi connectivity index (χ3v) is 2.79. The SMILES string of the molecule is Cc1nn(C)c(-c2ccc(F)cc2)c1CC(=O)O. The van der Waals surface area contributed by atoms with Crippen molar-refractivity contribution in [1.29, 1.82) is 0 Å². The first-order valence-electron chi connectivity index (χ1n) is 5.49. The molecular weight excluding hydrogens is 235 g/mol. The maximum Gasteiger partial charge on any atom is 0.307 e. The second-order valence-corrected chi connectivity index (χ2v) is 4.11. The zero-order chi connectivity index (χ0) is 13.3. The molecule has 1 N–H and O–H groups in total. The van der Waals surface area contributed by atoms with Crippen LogP contribution in [-0.4, -0.2) is 20.9 Å². The van der Waals surface area contributed by atoms with E-state index in [-0.39, 0.29) is 12.2 Å². The number of carboxylic acid groups (broad SMARTS) is 1. The summed E-state index contributed by atoms with van der Waals surface area (Å²) in [6.45, 7) is 1.77. The number of rotatable bonds is 3. The fraction of sp³-hybridized carbons (Fsp3) is 0.231. The summed E-state index contributed by atoms with van der Waals surface area (Å²) in [6, 6.07) is 5.94. The van der Waals surface area contributed by atoms with Crippen molar-refractivity contribution in [1.82, 2.24) is 9.78 Å². The van der Waals surface area contributed by atoms with E-state index in [1.54, 1.807) is 30.8 Å². The summed E-state index contributed by atoms with van der Waals surface area (Å²) >= 11 is 0. The van der Waals surface area contributed by atoms with Crippen molar-refractivity contribution < 1.29 is 14.3 Å². The van der Waals surface area contributed by atoms with Gasteiger partial charge in [0.25, 0.3) is 0 Å². The average Bonchev–Trinajstić information content (AvgIpc) is 2.55. The lowest BCUT2D eigenvalue weighted by Crippen LogP contribution is -2.03. The lowest BCUT2D eigenvalue weighted by atomic mass is 10.0. The Morgan fingerprint density at radius 2 is 2.00 bits per heavy atom. The van der Waals surface area contributed by atoms with Crippen LogP contribution in [0.15, 0.2) is 24.3 Å². The fourth-order valence-corrected chi connectivity index (χ4v) is 2.03. The number of hydrogen-bond acceptors (Lipinski definition) is 2. The van der Waals surface area contributed by atoms with Gasteiger partial charge in [-0.2, -0.15) is 5.10 Å². The van der Waals surface area contributed by atoms with E-state index in [1.807, 2.05) is 0 Å². The van der Waals surface area contributed by atoms with Gasteiger partial charge in [-0.05, 0) is 31.2 Å². The molecule has 0 amide bonds. The van der Waals surface area contributed by atoms with Crippen molar-refractivity contribution in [3.63, 3.8) is 0 Å². The molecule has 0 spiro atoms. The van der Waals surface area contributed by atoms with Crippen LogP contribution < -0.4 is 0 Å². The van der Waals surface area contributed by atoms with Crippen molar-refractivity contribution >= 4 is 5.97 Å².